The van der Waals surface area contributed by atoms with E-state index in [1.807, 2.05) is 6.92 Å². The van der Waals surface area contributed by atoms with Crippen LogP contribution in [0.15, 0.2) is 29.1 Å². The van der Waals surface area contributed by atoms with Gasteiger partial charge in [-0.3, -0.25) is 5.32 Å². The van der Waals surface area contributed by atoms with Crippen molar-refractivity contribution in [2.24, 2.45) is 5.92 Å². The SMILES string of the molecule is CCc1nnc([C@]23C[C@@H](C)C[C@H](C2)N3C(=O)Nc2cc(-c3ncc(F)cn3)c(C(F)(F)F)cn2)o1. The third kappa shape index (κ3) is 3.98. The highest BCUT2D eigenvalue weighted by molar-refractivity contribution is 5.90. The molecule has 2 amide bonds. The van der Waals surface area contributed by atoms with Gasteiger partial charge in [0.2, 0.25) is 11.8 Å². The van der Waals surface area contributed by atoms with Gasteiger partial charge in [0, 0.05) is 30.6 Å². The van der Waals surface area contributed by atoms with E-state index in [1.54, 1.807) is 4.90 Å². The molecular weight excluding hydrogens is 470 g/mol. The van der Waals surface area contributed by atoms with Crippen molar-refractivity contribution in [1.82, 2.24) is 30.0 Å². The number of likely N-dealkylation sites (tertiary alicyclic amines) is 1. The van der Waals surface area contributed by atoms with Crippen molar-refractivity contribution in [2.45, 2.75) is 57.3 Å². The van der Waals surface area contributed by atoms with Crippen LogP contribution >= 0.6 is 0 Å². The number of rotatable bonds is 4. The molecule has 1 aliphatic carbocycles. The number of carbonyl (C=O) groups excluding carboxylic acids is 1. The standard InChI is InChI=1S/C22H21F4N7O2/c1-3-17-31-32-19(35-17)21-6-11(2)4-13(7-21)33(21)20(34)30-16-5-14(15(10-27-16)22(24,25)26)18-28-8-12(23)9-29-18/h5,8-11,13H,3-4,6-7H2,1-2H3,(H,27,30,34)/t11-,13+,21-/m0/s1. The zero-order chi connectivity index (χ0) is 25.0. The summed E-state index contributed by atoms with van der Waals surface area (Å²) in [7, 11) is 0. The van der Waals surface area contributed by atoms with Crippen molar-refractivity contribution in [3.63, 3.8) is 0 Å². The Morgan fingerprint density at radius 3 is 2.60 bits per heavy atom. The van der Waals surface area contributed by atoms with Gasteiger partial charge in [0.05, 0.1) is 18.0 Å². The van der Waals surface area contributed by atoms with E-state index in [1.165, 1.54) is 0 Å². The van der Waals surface area contributed by atoms with Crippen LogP contribution in [0.1, 0.15) is 50.5 Å². The van der Waals surface area contributed by atoms with Crippen LogP contribution in [0.3, 0.4) is 0 Å². The zero-order valence-electron chi connectivity index (χ0n) is 18.8. The topological polar surface area (TPSA) is 110 Å². The van der Waals surface area contributed by atoms with Crippen LogP contribution in [0.25, 0.3) is 11.4 Å². The molecule has 35 heavy (non-hydrogen) atoms. The lowest BCUT2D eigenvalue weighted by atomic mass is 9.64. The molecule has 184 valence electrons. The number of anilines is 1. The molecule has 3 aromatic rings. The summed E-state index contributed by atoms with van der Waals surface area (Å²) in [5, 5.41) is 10.8. The van der Waals surface area contributed by atoms with Gasteiger partial charge in [-0.1, -0.05) is 13.8 Å². The minimum absolute atomic E-state index is 0.0786. The lowest BCUT2D eigenvalue weighted by Crippen LogP contribution is -2.70. The molecule has 0 aromatic carbocycles. The van der Waals surface area contributed by atoms with Gasteiger partial charge in [0.15, 0.2) is 11.6 Å². The molecule has 0 spiro atoms. The Kier molecular flexibility index (Phi) is 5.44. The number of nitrogens with one attached hydrogen (secondary N) is 1. The van der Waals surface area contributed by atoms with E-state index in [-0.39, 0.29) is 17.7 Å². The summed E-state index contributed by atoms with van der Waals surface area (Å²) in [4.78, 5) is 26.0. The number of amides is 2. The fourth-order valence-corrected chi connectivity index (χ4v) is 5.09. The molecule has 0 radical (unpaired) electrons. The fraction of sp³-hybridized carbons (Fsp3) is 0.455. The number of alkyl halides is 3. The van der Waals surface area contributed by atoms with Gasteiger partial charge in [0.1, 0.15) is 11.4 Å². The lowest BCUT2D eigenvalue weighted by Gasteiger charge is -2.61. The van der Waals surface area contributed by atoms with Gasteiger partial charge >= 0.3 is 12.2 Å². The number of urea groups is 1. The molecule has 3 atom stereocenters. The fourth-order valence-electron chi connectivity index (χ4n) is 5.09. The molecule has 1 saturated carbocycles. The Morgan fingerprint density at radius 2 is 1.94 bits per heavy atom. The van der Waals surface area contributed by atoms with E-state index in [0.29, 0.717) is 43.2 Å². The third-order valence-corrected chi connectivity index (χ3v) is 6.45. The molecule has 1 aliphatic heterocycles. The average molecular weight is 491 g/mol. The highest BCUT2D eigenvalue weighted by Crippen LogP contribution is 2.55. The number of fused-ring (bicyclic) bond motifs is 2. The Labute approximate surface area is 197 Å². The number of aryl methyl sites for hydroxylation is 1. The van der Waals surface area contributed by atoms with Gasteiger partial charge in [-0.2, -0.15) is 13.2 Å². The average Bonchev–Trinajstić information content (AvgIpc) is 3.28. The van der Waals surface area contributed by atoms with Crippen molar-refractivity contribution in [3.05, 3.63) is 47.8 Å². The quantitative estimate of drug-likeness (QED) is 0.532. The maximum absolute atomic E-state index is 13.6. The summed E-state index contributed by atoms with van der Waals surface area (Å²) < 4.78 is 59.7. The number of aromatic nitrogens is 5. The first kappa shape index (κ1) is 23.1. The summed E-state index contributed by atoms with van der Waals surface area (Å²) >= 11 is 0. The summed E-state index contributed by atoms with van der Waals surface area (Å²) in [5.41, 5.74) is -2.31. The minimum Gasteiger partial charge on any atom is -0.423 e. The van der Waals surface area contributed by atoms with Gasteiger partial charge in [-0.15, -0.1) is 10.2 Å². The summed E-state index contributed by atoms with van der Waals surface area (Å²) in [6.07, 6.45) is -0.0194. The lowest BCUT2D eigenvalue weighted by molar-refractivity contribution is -0.137. The second-order valence-electron chi connectivity index (χ2n) is 8.93. The van der Waals surface area contributed by atoms with Gasteiger partial charge in [0.25, 0.3) is 0 Å². The Morgan fingerprint density at radius 1 is 1.20 bits per heavy atom. The van der Waals surface area contributed by atoms with E-state index in [0.717, 1.165) is 24.9 Å². The van der Waals surface area contributed by atoms with Crippen LogP contribution in [-0.2, 0) is 18.1 Å². The van der Waals surface area contributed by atoms with Crippen molar-refractivity contribution >= 4 is 11.8 Å². The first-order chi connectivity index (χ1) is 16.6. The Bertz CT molecular complexity index is 1260. The van der Waals surface area contributed by atoms with Gasteiger partial charge < -0.3 is 9.32 Å². The van der Waals surface area contributed by atoms with Crippen LogP contribution in [0.2, 0.25) is 0 Å². The normalized spacial score (nSPS) is 23.7. The maximum atomic E-state index is 13.6. The molecular formula is C22H21F4N7O2. The first-order valence-corrected chi connectivity index (χ1v) is 11.1. The van der Waals surface area contributed by atoms with E-state index in [9.17, 15) is 22.4 Å². The van der Waals surface area contributed by atoms with Gasteiger partial charge in [-0.05, 0) is 24.8 Å². The van der Waals surface area contributed by atoms with E-state index in [4.69, 9.17) is 4.42 Å². The Hall–Kier alpha value is -3.64. The first-order valence-electron chi connectivity index (χ1n) is 11.1. The molecule has 9 nitrogen and oxygen atoms in total. The van der Waals surface area contributed by atoms with Crippen LogP contribution in [0.5, 0.6) is 0 Å². The second kappa shape index (κ2) is 8.24. The minimum atomic E-state index is -4.76. The number of hydrogen-bond donors (Lipinski definition) is 1. The molecule has 0 unspecified atom stereocenters. The zero-order valence-corrected chi connectivity index (χ0v) is 18.8. The van der Waals surface area contributed by atoms with Crippen molar-refractivity contribution in [3.8, 4) is 11.4 Å². The smallest absolute Gasteiger partial charge is 0.418 e. The van der Waals surface area contributed by atoms with E-state index < -0.39 is 34.7 Å². The summed E-state index contributed by atoms with van der Waals surface area (Å²) in [6, 6.07) is 0.411. The van der Waals surface area contributed by atoms with E-state index in [2.05, 4.69) is 37.4 Å². The molecule has 2 bridgehead atoms. The molecule has 13 heteroatoms. The predicted molar refractivity (Wildman–Crippen MR) is 113 cm³/mol. The molecule has 2 fully saturated rings. The van der Waals surface area contributed by atoms with Crippen molar-refractivity contribution in [1.29, 1.82) is 0 Å². The van der Waals surface area contributed by atoms with Gasteiger partial charge in [-0.25, -0.2) is 24.1 Å². The van der Waals surface area contributed by atoms with Crippen LogP contribution in [0.4, 0.5) is 28.2 Å². The molecule has 1 N–H and O–H groups in total. The number of nitrogens with zero attached hydrogens (tertiary/aromatic N) is 6. The molecule has 5 rings (SSSR count). The Balaban J connectivity index is 1.46. The highest BCUT2D eigenvalue weighted by Gasteiger charge is 2.62. The number of halogens is 4. The van der Waals surface area contributed by atoms with Crippen LogP contribution < -0.4 is 5.32 Å². The summed E-state index contributed by atoms with van der Waals surface area (Å²) in [6.45, 7) is 3.96. The van der Waals surface area contributed by atoms with Crippen molar-refractivity contribution in [2.75, 3.05) is 5.32 Å². The van der Waals surface area contributed by atoms with E-state index >= 15 is 0 Å². The third-order valence-electron chi connectivity index (χ3n) is 6.45. The monoisotopic (exact) mass is 491 g/mol. The molecule has 1 saturated heterocycles. The molecule has 2 aliphatic rings. The largest absolute Gasteiger partial charge is 0.423 e. The number of carbonyl (C=O) groups is 1. The van der Waals surface area contributed by atoms with Crippen LogP contribution in [-0.4, -0.2) is 42.1 Å². The molecule has 4 heterocycles. The maximum Gasteiger partial charge on any atom is 0.418 e. The highest BCUT2D eigenvalue weighted by atomic mass is 19.4. The summed E-state index contributed by atoms with van der Waals surface area (Å²) in [5.74, 6) is -0.125. The van der Waals surface area contributed by atoms with Crippen LogP contribution in [0, 0.1) is 11.7 Å². The number of pyridine rings is 1. The predicted octanol–water partition coefficient (Wildman–Crippen LogP) is 4.57. The van der Waals surface area contributed by atoms with Crippen molar-refractivity contribution < 1.29 is 26.8 Å². The number of piperidine rings is 1. The number of hydrogen-bond acceptors (Lipinski definition) is 7. The second-order valence-corrected chi connectivity index (χ2v) is 8.93. The molecule has 3 aromatic heterocycles.